The van der Waals surface area contributed by atoms with Crippen LogP contribution < -0.4 is 5.73 Å². The van der Waals surface area contributed by atoms with Gasteiger partial charge in [-0.15, -0.1) is 0 Å². The number of aromatic amines is 1. The van der Waals surface area contributed by atoms with E-state index in [1.54, 1.807) is 0 Å². The lowest BCUT2D eigenvalue weighted by Crippen LogP contribution is -2.13. The van der Waals surface area contributed by atoms with Gasteiger partial charge in [0, 0.05) is 23.1 Å². The van der Waals surface area contributed by atoms with Crippen molar-refractivity contribution < 1.29 is 0 Å². The van der Waals surface area contributed by atoms with Crippen LogP contribution in [0.5, 0.6) is 0 Å². The number of nitrogens with one attached hydrogen (secondary N) is 1. The second-order valence-corrected chi connectivity index (χ2v) is 6.62. The van der Waals surface area contributed by atoms with Gasteiger partial charge < -0.3 is 10.7 Å². The van der Waals surface area contributed by atoms with E-state index in [1.807, 2.05) is 0 Å². The van der Waals surface area contributed by atoms with Crippen LogP contribution in [-0.2, 0) is 5.41 Å². The molecule has 1 aliphatic carbocycles. The summed E-state index contributed by atoms with van der Waals surface area (Å²) >= 11 is 0. The van der Waals surface area contributed by atoms with Crippen molar-refractivity contribution in [1.29, 1.82) is 0 Å². The smallest absolute Gasteiger partial charge is 0.0457 e. The quantitative estimate of drug-likeness (QED) is 0.824. The Morgan fingerprint density at radius 1 is 1.28 bits per heavy atom. The first-order valence-electron chi connectivity index (χ1n) is 6.84. The summed E-state index contributed by atoms with van der Waals surface area (Å²) < 4.78 is 0. The summed E-state index contributed by atoms with van der Waals surface area (Å²) in [4.78, 5) is 3.35. The summed E-state index contributed by atoms with van der Waals surface area (Å²) in [7, 11) is 0. The van der Waals surface area contributed by atoms with Crippen LogP contribution in [-0.4, -0.2) is 4.98 Å². The van der Waals surface area contributed by atoms with E-state index < -0.39 is 0 Å². The van der Waals surface area contributed by atoms with E-state index in [0.717, 1.165) is 0 Å². The Hall–Kier alpha value is -1.28. The fraction of sp³-hybridized carbons (Fsp3) is 0.500. The molecule has 1 unspecified atom stereocenters. The fourth-order valence-corrected chi connectivity index (χ4v) is 2.59. The van der Waals surface area contributed by atoms with Gasteiger partial charge in [-0.3, -0.25) is 0 Å². The van der Waals surface area contributed by atoms with Crippen molar-refractivity contribution in [3.63, 3.8) is 0 Å². The van der Waals surface area contributed by atoms with Gasteiger partial charge in [-0.25, -0.2) is 0 Å². The fourth-order valence-electron chi connectivity index (χ4n) is 2.59. The van der Waals surface area contributed by atoms with Crippen LogP contribution in [0.1, 0.15) is 50.8 Å². The summed E-state index contributed by atoms with van der Waals surface area (Å²) in [6.45, 7) is 6.75. The number of fused-ring (bicyclic) bond motifs is 1. The third-order valence-corrected chi connectivity index (χ3v) is 4.07. The van der Waals surface area contributed by atoms with E-state index in [-0.39, 0.29) is 11.5 Å². The molecule has 2 nitrogen and oxygen atoms in total. The number of hydrogen-bond donors (Lipinski definition) is 2. The molecule has 2 aromatic rings. The Labute approximate surface area is 109 Å². The zero-order valence-corrected chi connectivity index (χ0v) is 11.5. The van der Waals surface area contributed by atoms with E-state index in [2.05, 4.69) is 50.2 Å². The lowest BCUT2D eigenvalue weighted by atomic mass is 9.86. The van der Waals surface area contributed by atoms with Gasteiger partial charge in [-0.2, -0.15) is 0 Å². The van der Waals surface area contributed by atoms with Crippen LogP contribution in [0.4, 0.5) is 0 Å². The standard InChI is InChI=1S/C16H22N2/c1-16(2,3)11-6-7-14-12(8-11)13(9-18-14)15(17)10-4-5-10/h6-10,15,18H,4-5,17H2,1-3H3. The van der Waals surface area contributed by atoms with Crippen LogP contribution in [0.3, 0.4) is 0 Å². The first kappa shape index (κ1) is 11.8. The summed E-state index contributed by atoms with van der Waals surface area (Å²) in [5.74, 6) is 0.697. The van der Waals surface area contributed by atoms with Gasteiger partial charge in [0.2, 0.25) is 0 Å². The maximum atomic E-state index is 6.35. The third kappa shape index (κ3) is 1.95. The van der Waals surface area contributed by atoms with E-state index in [1.165, 1.54) is 34.9 Å². The van der Waals surface area contributed by atoms with Crippen LogP contribution in [0.15, 0.2) is 24.4 Å². The number of nitrogens with two attached hydrogens (primary N) is 1. The SMILES string of the molecule is CC(C)(C)c1ccc2[nH]cc(C(N)C3CC3)c2c1. The Morgan fingerprint density at radius 2 is 2.00 bits per heavy atom. The van der Waals surface area contributed by atoms with Gasteiger partial charge in [-0.05, 0) is 47.4 Å². The molecule has 0 saturated heterocycles. The highest BCUT2D eigenvalue weighted by atomic mass is 14.7. The molecule has 3 N–H and O–H groups in total. The molecule has 0 aliphatic heterocycles. The Bertz CT molecular complexity index is 570. The van der Waals surface area contributed by atoms with Crippen LogP contribution in [0, 0.1) is 5.92 Å². The van der Waals surface area contributed by atoms with Gasteiger partial charge in [0.15, 0.2) is 0 Å². The van der Waals surface area contributed by atoms with E-state index in [0.29, 0.717) is 5.92 Å². The van der Waals surface area contributed by atoms with Crippen molar-refractivity contribution in [3.8, 4) is 0 Å². The zero-order valence-electron chi connectivity index (χ0n) is 11.5. The lowest BCUT2D eigenvalue weighted by Gasteiger charge is -2.19. The summed E-state index contributed by atoms with van der Waals surface area (Å²) in [5.41, 5.74) is 10.4. The Balaban J connectivity index is 2.10. The molecule has 0 radical (unpaired) electrons. The number of aromatic nitrogens is 1. The van der Waals surface area contributed by atoms with Crippen molar-refractivity contribution in [1.82, 2.24) is 4.98 Å². The number of benzene rings is 1. The number of hydrogen-bond acceptors (Lipinski definition) is 1. The molecular formula is C16H22N2. The van der Waals surface area contributed by atoms with Crippen molar-refractivity contribution in [2.75, 3.05) is 0 Å². The number of H-pyrrole nitrogens is 1. The normalized spacial score (nSPS) is 18.2. The summed E-state index contributed by atoms with van der Waals surface area (Å²) in [6.07, 6.45) is 4.67. The monoisotopic (exact) mass is 242 g/mol. The molecule has 1 fully saturated rings. The average molecular weight is 242 g/mol. The maximum absolute atomic E-state index is 6.35. The van der Waals surface area contributed by atoms with Crippen LogP contribution >= 0.6 is 0 Å². The Morgan fingerprint density at radius 3 is 2.61 bits per heavy atom. The van der Waals surface area contributed by atoms with Crippen molar-refractivity contribution >= 4 is 10.9 Å². The molecule has 18 heavy (non-hydrogen) atoms. The highest BCUT2D eigenvalue weighted by Gasteiger charge is 2.31. The zero-order chi connectivity index (χ0) is 12.9. The molecule has 3 rings (SSSR count). The van der Waals surface area contributed by atoms with Gasteiger partial charge in [0.1, 0.15) is 0 Å². The molecule has 1 atom stereocenters. The first-order chi connectivity index (χ1) is 8.47. The molecule has 96 valence electrons. The molecule has 1 aliphatic rings. The van der Waals surface area contributed by atoms with Crippen LogP contribution in [0.2, 0.25) is 0 Å². The Kier molecular flexibility index (Phi) is 2.53. The molecule has 1 heterocycles. The highest BCUT2D eigenvalue weighted by Crippen LogP contribution is 2.41. The lowest BCUT2D eigenvalue weighted by molar-refractivity contribution is 0.591. The van der Waals surface area contributed by atoms with E-state index in [9.17, 15) is 0 Å². The molecular weight excluding hydrogens is 220 g/mol. The van der Waals surface area contributed by atoms with Crippen molar-refractivity contribution in [3.05, 3.63) is 35.5 Å². The second kappa shape index (κ2) is 3.86. The molecule has 1 aromatic heterocycles. The van der Waals surface area contributed by atoms with Gasteiger partial charge in [0.25, 0.3) is 0 Å². The van der Waals surface area contributed by atoms with Gasteiger partial charge in [-0.1, -0.05) is 26.8 Å². The largest absolute Gasteiger partial charge is 0.361 e. The minimum absolute atomic E-state index is 0.187. The van der Waals surface area contributed by atoms with Crippen molar-refractivity contribution in [2.24, 2.45) is 11.7 Å². The minimum Gasteiger partial charge on any atom is -0.361 e. The predicted octanol–water partition coefficient (Wildman–Crippen LogP) is 3.88. The molecule has 0 bridgehead atoms. The molecule has 1 aromatic carbocycles. The average Bonchev–Trinajstić information content (AvgIpc) is 3.06. The van der Waals surface area contributed by atoms with Gasteiger partial charge >= 0.3 is 0 Å². The molecule has 0 amide bonds. The van der Waals surface area contributed by atoms with E-state index >= 15 is 0 Å². The van der Waals surface area contributed by atoms with E-state index in [4.69, 9.17) is 5.73 Å². The summed E-state index contributed by atoms with van der Waals surface area (Å²) in [5, 5.41) is 1.31. The topological polar surface area (TPSA) is 41.8 Å². The highest BCUT2D eigenvalue weighted by molar-refractivity contribution is 5.84. The van der Waals surface area contributed by atoms with Crippen LogP contribution in [0.25, 0.3) is 10.9 Å². The predicted molar refractivity (Wildman–Crippen MR) is 76.7 cm³/mol. The third-order valence-electron chi connectivity index (χ3n) is 4.07. The number of rotatable bonds is 2. The van der Waals surface area contributed by atoms with Crippen molar-refractivity contribution in [2.45, 2.75) is 45.1 Å². The molecule has 2 heteroatoms. The summed E-state index contributed by atoms with van der Waals surface area (Å²) in [6, 6.07) is 6.90. The van der Waals surface area contributed by atoms with Gasteiger partial charge in [0.05, 0.1) is 0 Å². The second-order valence-electron chi connectivity index (χ2n) is 6.62. The molecule has 0 spiro atoms. The first-order valence-corrected chi connectivity index (χ1v) is 6.84. The minimum atomic E-state index is 0.187. The molecule has 1 saturated carbocycles. The maximum Gasteiger partial charge on any atom is 0.0457 e.